The molecule has 1 aliphatic rings. The lowest BCUT2D eigenvalue weighted by molar-refractivity contribution is 0.590. The van der Waals surface area contributed by atoms with Crippen molar-refractivity contribution in [1.29, 1.82) is 0 Å². The van der Waals surface area contributed by atoms with Gasteiger partial charge in [-0.1, -0.05) is 63.8 Å². The molecule has 120 valence electrons. The molecule has 1 aromatic rings. The molecule has 0 aromatic heterocycles. The van der Waals surface area contributed by atoms with Crippen molar-refractivity contribution in [2.24, 2.45) is 4.99 Å². The first-order valence-corrected chi connectivity index (χ1v) is 8.17. The van der Waals surface area contributed by atoms with Gasteiger partial charge in [-0.2, -0.15) is 0 Å². The van der Waals surface area contributed by atoms with Crippen LogP contribution >= 0.6 is 0 Å². The monoisotopic (exact) mass is 305 g/mol. The summed E-state index contributed by atoms with van der Waals surface area (Å²) in [5.74, 6) is 0. The summed E-state index contributed by atoms with van der Waals surface area (Å²) in [6.07, 6.45) is 11.4. The molecule has 0 radical (unpaired) electrons. The number of allylic oxidation sites excluding steroid dienone is 6. The van der Waals surface area contributed by atoms with Crippen LogP contribution in [0.5, 0.6) is 0 Å². The van der Waals surface area contributed by atoms with E-state index in [9.17, 15) is 0 Å². The Bertz CT molecular complexity index is 719. The highest BCUT2D eigenvalue weighted by Crippen LogP contribution is 2.30. The molecule has 23 heavy (non-hydrogen) atoms. The highest BCUT2D eigenvalue weighted by Gasteiger charge is 2.16. The van der Waals surface area contributed by atoms with E-state index in [2.05, 4.69) is 81.8 Å². The summed E-state index contributed by atoms with van der Waals surface area (Å²) in [6.45, 7) is 14.6. The fourth-order valence-electron chi connectivity index (χ4n) is 2.72. The number of aryl methyl sites for hydroxylation is 1. The van der Waals surface area contributed by atoms with E-state index in [-0.39, 0.29) is 5.41 Å². The van der Waals surface area contributed by atoms with Crippen LogP contribution in [0.1, 0.15) is 50.8 Å². The Hall–Kier alpha value is -2.15. The smallest absolute Gasteiger partial charge is 0.0375 e. The quantitative estimate of drug-likeness (QED) is 0.592. The zero-order chi connectivity index (χ0) is 17.0. The van der Waals surface area contributed by atoms with Gasteiger partial charge < -0.3 is 0 Å². The summed E-state index contributed by atoms with van der Waals surface area (Å²) in [5, 5.41) is 0. The van der Waals surface area contributed by atoms with Crippen molar-refractivity contribution in [1.82, 2.24) is 0 Å². The van der Waals surface area contributed by atoms with E-state index in [0.717, 1.165) is 12.1 Å². The number of aliphatic imine (C=N–C) groups is 1. The molecule has 1 aromatic carbocycles. The average molecular weight is 305 g/mol. The summed E-state index contributed by atoms with van der Waals surface area (Å²) >= 11 is 0. The third-order valence-corrected chi connectivity index (χ3v) is 4.14. The highest BCUT2D eigenvalue weighted by atomic mass is 14.7. The van der Waals surface area contributed by atoms with Crippen LogP contribution in [0.25, 0.3) is 5.57 Å². The molecule has 0 aliphatic heterocycles. The molecule has 1 aliphatic carbocycles. The SMILES string of the molecule is C=CN=C(C)/C=C1/C=CC(c2cc(C(C)(C)C)ccc2C)=CC1. The summed E-state index contributed by atoms with van der Waals surface area (Å²) in [5.41, 5.74) is 7.79. The van der Waals surface area contributed by atoms with Crippen LogP contribution < -0.4 is 0 Å². The Morgan fingerprint density at radius 3 is 2.52 bits per heavy atom. The van der Waals surface area contributed by atoms with E-state index >= 15 is 0 Å². The minimum absolute atomic E-state index is 0.171. The predicted molar refractivity (Wildman–Crippen MR) is 103 cm³/mol. The van der Waals surface area contributed by atoms with E-state index < -0.39 is 0 Å². The zero-order valence-electron chi connectivity index (χ0n) is 15.0. The van der Waals surface area contributed by atoms with Crippen LogP contribution in [0.2, 0.25) is 0 Å². The minimum Gasteiger partial charge on any atom is -0.262 e. The molecule has 0 amide bonds. The van der Waals surface area contributed by atoms with E-state index in [0.29, 0.717) is 0 Å². The number of hydrogen-bond acceptors (Lipinski definition) is 1. The van der Waals surface area contributed by atoms with E-state index in [4.69, 9.17) is 0 Å². The first-order chi connectivity index (χ1) is 10.8. The van der Waals surface area contributed by atoms with Crippen molar-refractivity contribution in [2.75, 3.05) is 0 Å². The number of hydrogen-bond donors (Lipinski definition) is 0. The lowest BCUT2D eigenvalue weighted by Crippen LogP contribution is -2.11. The third-order valence-electron chi connectivity index (χ3n) is 4.14. The number of nitrogens with zero attached hydrogens (tertiary/aromatic N) is 1. The van der Waals surface area contributed by atoms with E-state index in [1.54, 1.807) is 6.20 Å². The van der Waals surface area contributed by atoms with Crippen molar-refractivity contribution < 1.29 is 0 Å². The second-order valence-electron chi connectivity index (χ2n) is 7.15. The molecule has 0 N–H and O–H groups in total. The maximum Gasteiger partial charge on any atom is 0.0375 e. The Morgan fingerprint density at radius 1 is 1.22 bits per heavy atom. The number of rotatable bonds is 3. The van der Waals surface area contributed by atoms with Crippen LogP contribution in [-0.2, 0) is 5.41 Å². The molecule has 0 saturated carbocycles. The topological polar surface area (TPSA) is 12.4 Å². The van der Waals surface area contributed by atoms with E-state index in [1.165, 1.54) is 27.8 Å². The van der Waals surface area contributed by atoms with Gasteiger partial charge in [0.05, 0.1) is 0 Å². The van der Waals surface area contributed by atoms with Gasteiger partial charge in [-0.3, -0.25) is 4.99 Å². The van der Waals surface area contributed by atoms with Crippen molar-refractivity contribution in [3.8, 4) is 0 Å². The van der Waals surface area contributed by atoms with Crippen molar-refractivity contribution in [3.05, 3.63) is 77.5 Å². The Kier molecular flexibility index (Phi) is 5.20. The largest absolute Gasteiger partial charge is 0.262 e. The minimum atomic E-state index is 0.171. The second kappa shape index (κ2) is 6.95. The van der Waals surface area contributed by atoms with Crippen LogP contribution in [0.15, 0.2) is 65.8 Å². The summed E-state index contributed by atoms with van der Waals surface area (Å²) < 4.78 is 0. The molecule has 0 atom stereocenters. The summed E-state index contributed by atoms with van der Waals surface area (Å²) in [7, 11) is 0. The third kappa shape index (κ3) is 4.41. The molecule has 0 unspecified atom stereocenters. The molecule has 0 bridgehead atoms. The van der Waals surface area contributed by atoms with Crippen LogP contribution in [0, 0.1) is 6.92 Å². The Balaban J connectivity index is 2.29. The highest BCUT2D eigenvalue weighted by molar-refractivity contribution is 5.94. The van der Waals surface area contributed by atoms with Gasteiger partial charge in [0.25, 0.3) is 0 Å². The van der Waals surface area contributed by atoms with Gasteiger partial charge in [-0.25, -0.2) is 0 Å². The zero-order valence-corrected chi connectivity index (χ0v) is 15.0. The Morgan fingerprint density at radius 2 is 1.96 bits per heavy atom. The second-order valence-corrected chi connectivity index (χ2v) is 7.15. The van der Waals surface area contributed by atoms with Crippen LogP contribution in [0.4, 0.5) is 0 Å². The van der Waals surface area contributed by atoms with Crippen molar-refractivity contribution in [2.45, 2.75) is 46.5 Å². The summed E-state index contributed by atoms with van der Waals surface area (Å²) in [6, 6.07) is 6.81. The van der Waals surface area contributed by atoms with Gasteiger partial charge in [-0.15, -0.1) is 0 Å². The lowest BCUT2D eigenvalue weighted by atomic mass is 9.83. The average Bonchev–Trinajstić information content (AvgIpc) is 2.48. The molecular weight excluding hydrogens is 278 g/mol. The number of benzene rings is 1. The molecule has 1 heteroatoms. The lowest BCUT2D eigenvalue weighted by Gasteiger charge is -2.22. The van der Waals surface area contributed by atoms with Crippen LogP contribution in [0.3, 0.4) is 0 Å². The van der Waals surface area contributed by atoms with Gasteiger partial charge in [0.15, 0.2) is 0 Å². The Labute approximate surface area is 140 Å². The van der Waals surface area contributed by atoms with Crippen molar-refractivity contribution in [3.63, 3.8) is 0 Å². The van der Waals surface area contributed by atoms with Gasteiger partial charge in [0.1, 0.15) is 0 Å². The fourth-order valence-corrected chi connectivity index (χ4v) is 2.72. The molecule has 2 rings (SSSR count). The fraction of sp³-hybridized carbons (Fsp3) is 0.318. The van der Waals surface area contributed by atoms with Crippen molar-refractivity contribution >= 4 is 11.3 Å². The summed E-state index contributed by atoms with van der Waals surface area (Å²) in [4.78, 5) is 4.20. The first kappa shape index (κ1) is 17.2. The molecular formula is C22H27N. The van der Waals surface area contributed by atoms with Gasteiger partial charge in [0, 0.05) is 11.9 Å². The van der Waals surface area contributed by atoms with E-state index in [1.807, 2.05) is 6.92 Å². The first-order valence-electron chi connectivity index (χ1n) is 8.17. The molecule has 0 heterocycles. The normalized spacial score (nSPS) is 17.3. The predicted octanol–water partition coefficient (Wildman–Crippen LogP) is 6.17. The van der Waals surface area contributed by atoms with Gasteiger partial charge in [0.2, 0.25) is 0 Å². The molecule has 0 fully saturated rings. The maximum atomic E-state index is 4.20. The van der Waals surface area contributed by atoms with Gasteiger partial charge in [-0.05, 0) is 59.6 Å². The molecule has 0 spiro atoms. The maximum absolute atomic E-state index is 4.20. The molecule has 0 saturated heterocycles. The standard InChI is InChI=1S/C22H27N/c1-7-23-17(3)14-18-9-11-19(12-10-18)21-15-20(22(4,5)6)13-8-16(21)2/h7-9,11-15H,1,10H2,2-6H3/b18-14-,23-17?. The van der Waals surface area contributed by atoms with Crippen LogP contribution in [-0.4, -0.2) is 5.71 Å². The van der Waals surface area contributed by atoms with Gasteiger partial charge >= 0.3 is 0 Å². The molecule has 1 nitrogen and oxygen atoms in total.